The fraction of sp³-hybridized carbons (Fsp3) is 0.467. The van der Waals surface area contributed by atoms with E-state index in [-0.39, 0.29) is 17.6 Å². The van der Waals surface area contributed by atoms with Crippen molar-refractivity contribution in [2.45, 2.75) is 12.8 Å². The first-order valence-corrected chi connectivity index (χ1v) is 7.24. The lowest BCUT2D eigenvalue weighted by molar-refractivity contribution is -0.124. The van der Waals surface area contributed by atoms with Crippen molar-refractivity contribution < 1.29 is 9.18 Å². The van der Waals surface area contributed by atoms with Gasteiger partial charge in [-0.25, -0.2) is 9.37 Å². The van der Waals surface area contributed by atoms with Crippen LogP contribution in [0.3, 0.4) is 0 Å². The highest BCUT2D eigenvalue weighted by Gasteiger charge is 2.21. The third kappa shape index (κ3) is 2.90. The molecule has 0 radical (unpaired) electrons. The first kappa shape index (κ1) is 14.0. The van der Waals surface area contributed by atoms with Gasteiger partial charge in [-0.2, -0.15) is 0 Å². The first-order valence-electron chi connectivity index (χ1n) is 7.24. The Morgan fingerprint density at radius 1 is 1.57 bits per heavy atom. The zero-order valence-electron chi connectivity index (χ0n) is 12.0. The van der Waals surface area contributed by atoms with Gasteiger partial charge < -0.3 is 15.2 Å². The van der Waals surface area contributed by atoms with Crippen LogP contribution in [-0.4, -0.2) is 35.1 Å². The van der Waals surface area contributed by atoms with Crippen molar-refractivity contribution in [3.05, 3.63) is 29.8 Å². The highest BCUT2D eigenvalue weighted by Crippen LogP contribution is 2.16. The molecule has 1 fully saturated rings. The molecule has 5 nitrogen and oxygen atoms in total. The van der Waals surface area contributed by atoms with Crippen LogP contribution < -0.4 is 10.6 Å². The van der Waals surface area contributed by atoms with E-state index in [1.165, 1.54) is 12.1 Å². The topological polar surface area (TPSA) is 59.0 Å². The molecule has 2 aromatic rings. The van der Waals surface area contributed by atoms with E-state index in [0.717, 1.165) is 36.4 Å². The minimum Gasteiger partial charge on any atom is -0.355 e. The molecule has 0 aliphatic carbocycles. The predicted octanol–water partition coefficient (Wildman–Crippen LogP) is 0.981. The van der Waals surface area contributed by atoms with Crippen molar-refractivity contribution in [3.63, 3.8) is 0 Å². The van der Waals surface area contributed by atoms with Gasteiger partial charge in [-0.1, -0.05) is 0 Å². The van der Waals surface area contributed by atoms with E-state index in [1.807, 2.05) is 11.6 Å². The number of carbonyl (C=O) groups is 1. The maximum absolute atomic E-state index is 13.3. The van der Waals surface area contributed by atoms with E-state index in [1.54, 1.807) is 6.07 Å². The molecule has 1 amide bonds. The molecule has 1 aromatic carbocycles. The summed E-state index contributed by atoms with van der Waals surface area (Å²) in [5.41, 5.74) is 1.55. The van der Waals surface area contributed by atoms with Crippen LogP contribution in [-0.2, 0) is 18.3 Å². The van der Waals surface area contributed by atoms with Gasteiger partial charge >= 0.3 is 0 Å². The van der Waals surface area contributed by atoms with Gasteiger partial charge in [0.1, 0.15) is 11.6 Å². The molecule has 1 saturated heterocycles. The standard InChI is InChI=1S/C15H19FN4O/c1-20-13-8-11(16)2-3-12(13)19-14(20)5-7-18-15(21)10-4-6-17-9-10/h2-3,8,10,17H,4-7,9H2,1H3,(H,18,21). The molecule has 3 rings (SSSR count). The molecule has 1 aliphatic rings. The normalized spacial score (nSPS) is 18.3. The number of carbonyl (C=O) groups excluding carboxylic acids is 1. The molecule has 21 heavy (non-hydrogen) atoms. The summed E-state index contributed by atoms with van der Waals surface area (Å²) in [5, 5.41) is 6.13. The molecule has 0 spiro atoms. The Labute approximate surface area is 122 Å². The van der Waals surface area contributed by atoms with E-state index >= 15 is 0 Å². The number of benzene rings is 1. The molecule has 0 bridgehead atoms. The quantitative estimate of drug-likeness (QED) is 0.882. The molecule has 2 heterocycles. The van der Waals surface area contributed by atoms with Crippen LogP contribution in [0, 0.1) is 11.7 Å². The van der Waals surface area contributed by atoms with Crippen LogP contribution in [0.25, 0.3) is 11.0 Å². The van der Waals surface area contributed by atoms with E-state index in [2.05, 4.69) is 15.6 Å². The zero-order valence-corrected chi connectivity index (χ0v) is 12.0. The lowest BCUT2D eigenvalue weighted by Crippen LogP contribution is -2.33. The summed E-state index contributed by atoms with van der Waals surface area (Å²) in [6.45, 7) is 2.22. The fourth-order valence-corrected chi connectivity index (χ4v) is 2.76. The van der Waals surface area contributed by atoms with Gasteiger partial charge in [0.15, 0.2) is 0 Å². The van der Waals surface area contributed by atoms with Crippen molar-refractivity contribution in [1.29, 1.82) is 0 Å². The molecular weight excluding hydrogens is 271 g/mol. The Morgan fingerprint density at radius 3 is 3.19 bits per heavy atom. The second kappa shape index (κ2) is 5.81. The summed E-state index contributed by atoms with van der Waals surface area (Å²) in [6, 6.07) is 4.57. The third-order valence-electron chi connectivity index (χ3n) is 4.01. The highest BCUT2D eigenvalue weighted by atomic mass is 19.1. The summed E-state index contributed by atoms with van der Waals surface area (Å²) < 4.78 is 15.1. The lowest BCUT2D eigenvalue weighted by atomic mass is 10.1. The smallest absolute Gasteiger partial charge is 0.224 e. The molecule has 0 saturated carbocycles. The Morgan fingerprint density at radius 2 is 2.43 bits per heavy atom. The van der Waals surface area contributed by atoms with Gasteiger partial charge in [0.05, 0.1) is 17.0 Å². The SMILES string of the molecule is Cn1c(CCNC(=O)C2CCNC2)nc2ccc(F)cc21. The minimum atomic E-state index is -0.265. The maximum Gasteiger partial charge on any atom is 0.224 e. The number of rotatable bonds is 4. The van der Waals surface area contributed by atoms with Crippen molar-refractivity contribution in [1.82, 2.24) is 20.2 Å². The van der Waals surface area contributed by atoms with Gasteiger partial charge in [0.2, 0.25) is 5.91 Å². The van der Waals surface area contributed by atoms with E-state index in [4.69, 9.17) is 0 Å². The van der Waals surface area contributed by atoms with Gasteiger partial charge in [0.25, 0.3) is 0 Å². The number of halogens is 1. The minimum absolute atomic E-state index is 0.0829. The average Bonchev–Trinajstić information content (AvgIpc) is 3.09. The van der Waals surface area contributed by atoms with Crippen LogP contribution >= 0.6 is 0 Å². The van der Waals surface area contributed by atoms with Crippen LogP contribution in [0.2, 0.25) is 0 Å². The van der Waals surface area contributed by atoms with E-state index in [9.17, 15) is 9.18 Å². The Bertz CT molecular complexity index is 661. The highest BCUT2D eigenvalue weighted by molar-refractivity contribution is 5.79. The Hall–Kier alpha value is -1.95. The average molecular weight is 290 g/mol. The fourth-order valence-electron chi connectivity index (χ4n) is 2.76. The number of fused-ring (bicyclic) bond motifs is 1. The monoisotopic (exact) mass is 290 g/mol. The molecule has 2 N–H and O–H groups in total. The van der Waals surface area contributed by atoms with Crippen LogP contribution in [0.1, 0.15) is 12.2 Å². The van der Waals surface area contributed by atoms with Crippen molar-refractivity contribution in [2.75, 3.05) is 19.6 Å². The van der Waals surface area contributed by atoms with Crippen LogP contribution in [0.4, 0.5) is 4.39 Å². The lowest BCUT2D eigenvalue weighted by Gasteiger charge is -2.09. The molecule has 1 atom stereocenters. The number of hydrogen-bond acceptors (Lipinski definition) is 3. The maximum atomic E-state index is 13.3. The molecule has 1 aliphatic heterocycles. The number of nitrogens with one attached hydrogen (secondary N) is 2. The van der Waals surface area contributed by atoms with Crippen molar-refractivity contribution in [3.8, 4) is 0 Å². The molecule has 1 unspecified atom stereocenters. The molecule has 6 heteroatoms. The number of aromatic nitrogens is 2. The van der Waals surface area contributed by atoms with E-state index < -0.39 is 0 Å². The van der Waals surface area contributed by atoms with Gasteiger partial charge in [0, 0.05) is 26.6 Å². The summed E-state index contributed by atoms with van der Waals surface area (Å²) in [6.07, 6.45) is 1.54. The van der Waals surface area contributed by atoms with Crippen molar-refractivity contribution >= 4 is 16.9 Å². The second-order valence-electron chi connectivity index (χ2n) is 5.45. The molecule has 112 valence electrons. The summed E-state index contributed by atoms with van der Waals surface area (Å²) in [5.74, 6) is 0.767. The summed E-state index contributed by atoms with van der Waals surface area (Å²) in [4.78, 5) is 16.4. The van der Waals surface area contributed by atoms with Crippen LogP contribution in [0.15, 0.2) is 18.2 Å². The van der Waals surface area contributed by atoms with E-state index in [0.29, 0.717) is 13.0 Å². The third-order valence-corrected chi connectivity index (χ3v) is 4.01. The van der Waals surface area contributed by atoms with Gasteiger partial charge in [-0.15, -0.1) is 0 Å². The largest absolute Gasteiger partial charge is 0.355 e. The predicted molar refractivity (Wildman–Crippen MR) is 78.4 cm³/mol. The Balaban J connectivity index is 1.62. The number of aryl methyl sites for hydroxylation is 1. The first-order chi connectivity index (χ1) is 10.1. The number of imidazole rings is 1. The summed E-state index contributed by atoms with van der Waals surface area (Å²) in [7, 11) is 1.87. The van der Waals surface area contributed by atoms with Gasteiger partial charge in [-0.05, 0) is 31.2 Å². The molecule has 1 aromatic heterocycles. The number of hydrogen-bond donors (Lipinski definition) is 2. The van der Waals surface area contributed by atoms with Crippen LogP contribution in [0.5, 0.6) is 0 Å². The second-order valence-corrected chi connectivity index (χ2v) is 5.45. The van der Waals surface area contributed by atoms with Crippen molar-refractivity contribution in [2.24, 2.45) is 13.0 Å². The summed E-state index contributed by atoms with van der Waals surface area (Å²) >= 11 is 0. The Kier molecular flexibility index (Phi) is 3.88. The number of amides is 1. The molecular formula is C15H19FN4O. The zero-order chi connectivity index (χ0) is 14.8. The number of nitrogens with zero attached hydrogens (tertiary/aromatic N) is 2. The van der Waals surface area contributed by atoms with Gasteiger partial charge in [-0.3, -0.25) is 4.79 Å².